The number of benzene rings is 1. The molecule has 0 aliphatic heterocycles. The molecule has 0 aromatic heterocycles. The molecule has 2 unspecified atom stereocenters. The molecule has 1 aliphatic rings. The maximum absolute atomic E-state index is 3.79. The zero-order valence-electron chi connectivity index (χ0n) is 14.6. The van der Waals surface area contributed by atoms with Crippen molar-refractivity contribution < 1.29 is 0 Å². The Morgan fingerprint density at radius 1 is 1.05 bits per heavy atom. The topological polar surface area (TPSA) is 12.0 Å². The van der Waals surface area contributed by atoms with Gasteiger partial charge in [-0.15, -0.1) is 0 Å². The Hall–Kier alpha value is -0.980. The van der Waals surface area contributed by atoms with Gasteiger partial charge in [0.15, 0.2) is 0 Å². The van der Waals surface area contributed by atoms with Crippen molar-refractivity contribution in [3.8, 4) is 0 Å². The highest BCUT2D eigenvalue weighted by molar-refractivity contribution is 5.47. The minimum atomic E-state index is 0.465. The van der Waals surface area contributed by atoms with E-state index in [0.29, 0.717) is 17.4 Å². The fraction of sp³-hybridized carbons (Fsp3) is 0.700. The third-order valence-electron chi connectivity index (χ3n) is 5.12. The third kappa shape index (κ3) is 4.76. The fourth-order valence-corrected chi connectivity index (χ4v) is 3.54. The minimum Gasteiger partial charge on any atom is -0.382 e. The molecule has 1 aliphatic carbocycles. The van der Waals surface area contributed by atoms with Gasteiger partial charge in [-0.3, -0.25) is 0 Å². The van der Waals surface area contributed by atoms with Crippen LogP contribution < -0.4 is 5.32 Å². The normalized spacial score (nSPS) is 23.9. The van der Waals surface area contributed by atoms with Gasteiger partial charge in [-0.25, -0.2) is 0 Å². The van der Waals surface area contributed by atoms with E-state index in [2.05, 4.69) is 64.2 Å². The quantitative estimate of drug-likeness (QED) is 0.651. The first-order valence-electron chi connectivity index (χ1n) is 8.73. The zero-order valence-corrected chi connectivity index (χ0v) is 14.6. The Labute approximate surface area is 131 Å². The molecule has 118 valence electrons. The molecule has 1 fully saturated rings. The van der Waals surface area contributed by atoms with E-state index >= 15 is 0 Å². The zero-order chi connectivity index (χ0) is 15.5. The van der Waals surface area contributed by atoms with Crippen molar-refractivity contribution in [2.45, 2.75) is 78.7 Å². The molecule has 0 amide bonds. The second-order valence-corrected chi connectivity index (χ2v) is 8.19. The molecule has 0 heterocycles. The molecular formula is C20H33N. The minimum absolute atomic E-state index is 0.465. The summed E-state index contributed by atoms with van der Waals surface area (Å²) in [7, 11) is 0. The van der Waals surface area contributed by atoms with Crippen LogP contribution in [-0.4, -0.2) is 6.04 Å². The van der Waals surface area contributed by atoms with E-state index in [9.17, 15) is 0 Å². The average Bonchev–Trinajstić information content (AvgIpc) is 2.64. The molecule has 1 aromatic carbocycles. The first-order valence-corrected chi connectivity index (χ1v) is 8.73. The van der Waals surface area contributed by atoms with Crippen LogP contribution in [-0.2, 0) is 0 Å². The van der Waals surface area contributed by atoms with Gasteiger partial charge in [0.05, 0.1) is 0 Å². The number of hydrogen-bond donors (Lipinski definition) is 1. The summed E-state index contributed by atoms with van der Waals surface area (Å²) in [6.07, 6.45) is 6.76. The van der Waals surface area contributed by atoms with Gasteiger partial charge in [0.25, 0.3) is 0 Å². The lowest BCUT2D eigenvalue weighted by Gasteiger charge is -2.29. The SMILES string of the molecule is CC(C)c1cccc(NC2CCCC(C(C)(C)C)CC2)c1. The molecule has 2 rings (SSSR count). The molecule has 1 nitrogen and oxygen atoms in total. The average molecular weight is 287 g/mol. The van der Waals surface area contributed by atoms with Crippen LogP contribution in [0.15, 0.2) is 24.3 Å². The Morgan fingerprint density at radius 3 is 2.48 bits per heavy atom. The molecule has 1 N–H and O–H groups in total. The summed E-state index contributed by atoms with van der Waals surface area (Å²) >= 11 is 0. The molecule has 0 spiro atoms. The van der Waals surface area contributed by atoms with Gasteiger partial charge < -0.3 is 5.32 Å². The first kappa shape index (κ1) is 16.4. The van der Waals surface area contributed by atoms with Crippen LogP contribution in [0.3, 0.4) is 0 Å². The number of nitrogens with one attached hydrogen (secondary N) is 1. The van der Waals surface area contributed by atoms with E-state index in [0.717, 1.165) is 5.92 Å². The summed E-state index contributed by atoms with van der Waals surface area (Å²) < 4.78 is 0. The van der Waals surface area contributed by atoms with E-state index in [1.165, 1.54) is 43.4 Å². The molecule has 0 saturated heterocycles. The van der Waals surface area contributed by atoms with Gasteiger partial charge in [0.1, 0.15) is 0 Å². The van der Waals surface area contributed by atoms with E-state index in [-0.39, 0.29) is 0 Å². The lowest BCUT2D eigenvalue weighted by atomic mass is 9.76. The van der Waals surface area contributed by atoms with Crippen LogP contribution in [0.5, 0.6) is 0 Å². The Bertz CT molecular complexity index is 441. The number of anilines is 1. The molecule has 0 radical (unpaired) electrons. The van der Waals surface area contributed by atoms with Crippen molar-refractivity contribution in [3.63, 3.8) is 0 Å². The second-order valence-electron chi connectivity index (χ2n) is 8.19. The lowest BCUT2D eigenvalue weighted by Crippen LogP contribution is -2.21. The molecule has 21 heavy (non-hydrogen) atoms. The van der Waals surface area contributed by atoms with Crippen LogP contribution in [0.25, 0.3) is 0 Å². The molecule has 1 saturated carbocycles. The highest BCUT2D eigenvalue weighted by Crippen LogP contribution is 2.37. The van der Waals surface area contributed by atoms with Crippen molar-refractivity contribution >= 4 is 5.69 Å². The maximum atomic E-state index is 3.79. The molecule has 1 aromatic rings. The van der Waals surface area contributed by atoms with Crippen LogP contribution in [0.4, 0.5) is 5.69 Å². The highest BCUT2D eigenvalue weighted by Gasteiger charge is 2.27. The molecule has 0 bridgehead atoms. The fourth-order valence-electron chi connectivity index (χ4n) is 3.54. The smallest absolute Gasteiger partial charge is 0.0345 e. The number of rotatable bonds is 3. The van der Waals surface area contributed by atoms with Crippen LogP contribution in [0.2, 0.25) is 0 Å². The lowest BCUT2D eigenvalue weighted by molar-refractivity contribution is 0.214. The molecule has 1 heteroatoms. The van der Waals surface area contributed by atoms with Crippen LogP contribution in [0, 0.1) is 11.3 Å². The summed E-state index contributed by atoms with van der Waals surface area (Å²) in [5.41, 5.74) is 3.20. The van der Waals surface area contributed by atoms with E-state index in [4.69, 9.17) is 0 Å². The van der Waals surface area contributed by atoms with E-state index in [1.807, 2.05) is 0 Å². The predicted octanol–water partition coefficient (Wildman–Crippen LogP) is 6.22. The van der Waals surface area contributed by atoms with Crippen LogP contribution in [0.1, 0.15) is 78.2 Å². The van der Waals surface area contributed by atoms with Gasteiger partial charge in [-0.1, -0.05) is 53.2 Å². The van der Waals surface area contributed by atoms with E-state index < -0.39 is 0 Å². The standard InChI is InChI=1S/C20H33N/c1-15(2)16-8-6-11-19(14-16)21-18-10-7-9-17(12-13-18)20(3,4)5/h6,8,11,14-15,17-18,21H,7,9-10,12-13H2,1-5H3. The van der Waals surface area contributed by atoms with Crippen molar-refractivity contribution in [1.29, 1.82) is 0 Å². The Balaban J connectivity index is 1.96. The summed E-state index contributed by atoms with van der Waals surface area (Å²) in [4.78, 5) is 0. The summed E-state index contributed by atoms with van der Waals surface area (Å²) in [5.74, 6) is 1.48. The third-order valence-corrected chi connectivity index (χ3v) is 5.12. The van der Waals surface area contributed by atoms with Gasteiger partial charge in [0.2, 0.25) is 0 Å². The van der Waals surface area contributed by atoms with Crippen molar-refractivity contribution in [2.75, 3.05) is 5.32 Å². The van der Waals surface area contributed by atoms with E-state index in [1.54, 1.807) is 0 Å². The molecular weight excluding hydrogens is 254 g/mol. The van der Waals surface area contributed by atoms with Crippen molar-refractivity contribution in [1.82, 2.24) is 0 Å². The van der Waals surface area contributed by atoms with Gasteiger partial charge in [-0.05, 0) is 60.6 Å². The summed E-state index contributed by atoms with van der Waals surface area (Å²) in [6.45, 7) is 11.7. The van der Waals surface area contributed by atoms with Gasteiger partial charge in [-0.2, -0.15) is 0 Å². The highest BCUT2D eigenvalue weighted by atomic mass is 14.9. The largest absolute Gasteiger partial charge is 0.382 e. The second kappa shape index (κ2) is 6.85. The predicted molar refractivity (Wildman–Crippen MR) is 94.0 cm³/mol. The van der Waals surface area contributed by atoms with Gasteiger partial charge in [0, 0.05) is 11.7 Å². The molecule has 2 atom stereocenters. The summed E-state index contributed by atoms with van der Waals surface area (Å²) in [6, 6.07) is 9.62. The number of hydrogen-bond acceptors (Lipinski definition) is 1. The summed E-state index contributed by atoms with van der Waals surface area (Å²) in [5, 5.41) is 3.79. The monoisotopic (exact) mass is 287 g/mol. The maximum Gasteiger partial charge on any atom is 0.0345 e. The van der Waals surface area contributed by atoms with Crippen LogP contribution >= 0.6 is 0 Å². The van der Waals surface area contributed by atoms with Crippen molar-refractivity contribution in [2.24, 2.45) is 11.3 Å². The first-order chi connectivity index (χ1) is 9.86. The van der Waals surface area contributed by atoms with Gasteiger partial charge >= 0.3 is 0 Å². The Morgan fingerprint density at radius 2 is 1.81 bits per heavy atom. The van der Waals surface area contributed by atoms with Crippen molar-refractivity contribution in [3.05, 3.63) is 29.8 Å². The Kier molecular flexibility index (Phi) is 5.35.